The zero-order valence-electron chi connectivity index (χ0n) is 15.3. The molecule has 1 N–H and O–H groups in total. The Bertz CT molecular complexity index is 967. The Morgan fingerprint density at radius 1 is 1.10 bits per heavy atom. The van der Waals surface area contributed by atoms with Gasteiger partial charge in [-0.15, -0.1) is 0 Å². The minimum atomic E-state index is -4.52. The number of alkyl halides is 6. The Kier molecular flexibility index (Phi) is 6.04. The quantitative estimate of drug-likeness (QED) is 0.709. The first kappa shape index (κ1) is 21.7. The minimum absolute atomic E-state index is 0.0983. The van der Waals surface area contributed by atoms with Crippen LogP contribution in [0.2, 0.25) is 0 Å². The highest BCUT2D eigenvalue weighted by Crippen LogP contribution is 2.24. The molecule has 2 aromatic rings. The molecule has 162 valence electrons. The van der Waals surface area contributed by atoms with Crippen molar-refractivity contribution in [3.63, 3.8) is 0 Å². The first-order chi connectivity index (χ1) is 14.0. The molecule has 1 aliphatic heterocycles. The third kappa shape index (κ3) is 5.74. The van der Waals surface area contributed by atoms with Crippen LogP contribution in [-0.2, 0) is 6.42 Å². The lowest BCUT2D eigenvalue weighted by atomic mass is 10.1. The van der Waals surface area contributed by atoms with Gasteiger partial charge in [0.2, 0.25) is 0 Å². The van der Waals surface area contributed by atoms with Crippen LogP contribution in [0.15, 0.2) is 40.2 Å². The van der Waals surface area contributed by atoms with E-state index in [4.69, 9.17) is 0 Å². The molecule has 0 radical (unpaired) electrons. The lowest BCUT2D eigenvalue weighted by molar-refractivity contribution is -0.153. The maximum atomic E-state index is 12.8. The number of hydrogen-bond acceptors (Lipinski definition) is 5. The summed E-state index contributed by atoms with van der Waals surface area (Å²) >= 11 is 0. The van der Waals surface area contributed by atoms with E-state index in [1.54, 1.807) is 0 Å². The zero-order valence-corrected chi connectivity index (χ0v) is 15.3. The van der Waals surface area contributed by atoms with Crippen molar-refractivity contribution < 1.29 is 31.1 Å². The lowest BCUT2D eigenvalue weighted by Gasteiger charge is -2.16. The van der Waals surface area contributed by atoms with Crippen molar-refractivity contribution in [2.45, 2.75) is 31.1 Å². The maximum Gasteiger partial charge on any atom is 0.422 e. The Morgan fingerprint density at radius 3 is 2.37 bits per heavy atom. The molecule has 12 heteroatoms. The van der Waals surface area contributed by atoms with Gasteiger partial charge < -0.3 is 10.2 Å². The van der Waals surface area contributed by atoms with Crippen molar-refractivity contribution >= 4 is 6.21 Å². The predicted molar refractivity (Wildman–Crippen MR) is 95.0 cm³/mol. The molecule has 1 aromatic carbocycles. The summed E-state index contributed by atoms with van der Waals surface area (Å²) in [6.07, 6.45) is -9.20. The van der Waals surface area contributed by atoms with Crippen LogP contribution in [0.1, 0.15) is 23.9 Å². The number of benzene rings is 1. The molecule has 6 nitrogen and oxygen atoms in total. The van der Waals surface area contributed by atoms with E-state index in [1.807, 2.05) is 0 Å². The third-order valence-electron chi connectivity index (χ3n) is 4.17. The van der Waals surface area contributed by atoms with Crippen LogP contribution in [0.3, 0.4) is 0 Å². The lowest BCUT2D eigenvalue weighted by Crippen LogP contribution is -2.27. The molecule has 0 bridgehead atoms. The summed E-state index contributed by atoms with van der Waals surface area (Å²) in [6.45, 7) is -1.13. The van der Waals surface area contributed by atoms with E-state index in [0.29, 0.717) is 6.54 Å². The van der Waals surface area contributed by atoms with Crippen LogP contribution in [0, 0.1) is 0 Å². The van der Waals surface area contributed by atoms with E-state index in [9.17, 15) is 31.1 Å². The Hall–Kier alpha value is -3.05. The molecule has 3 rings (SSSR count). The SMILES string of the molecule is O=c1cc(C2C=NNC2)nc(CCC(F)(F)F)n1-c1ccc(OCC(F)(F)F)cc1. The summed E-state index contributed by atoms with van der Waals surface area (Å²) in [5.74, 6) is -0.562. The molecule has 2 heterocycles. The van der Waals surface area contributed by atoms with Crippen molar-refractivity contribution in [2.75, 3.05) is 13.2 Å². The fourth-order valence-corrected chi connectivity index (χ4v) is 2.82. The van der Waals surface area contributed by atoms with Crippen LogP contribution >= 0.6 is 0 Å². The van der Waals surface area contributed by atoms with Crippen LogP contribution < -0.4 is 15.7 Å². The van der Waals surface area contributed by atoms with Gasteiger partial charge in [-0.25, -0.2) is 4.98 Å². The van der Waals surface area contributed by atoms with Gasteiger partial charge in [0, 0.05) is 25.2 Å². The summed E-state index contributed by atoms with van der Waals surface area (Å²) in [5.41, 5.74) is 2.52. The number of aromatic nitrogens is 2. The highest BCUT2D eigenvalue weighted by atomic mass is 19.4. The average Bonchev–Trinajstić information content (AvgIpc) is 3.18. The van der Waals surface area contributed by atoms with Gasteiger partial charge >= 0.3 is 12.4 Å². The number of rotatable bonds is 6. The molecule has 0 spiro atoms. The topological polar surface area (TPSA) is 68.5 Å². The minimum Gasteiger partial charge on any atom is -0.484 e. The van der Waals surface area contributed by atoms with Crippen LogP contribution in [0.5, 0.6) is 5.75 Å². The molecular weight excluding hydrogens is 418 g/mol. The number of nitrogens with one attached hydrogen (secondary N) is 1. The van der Waals surface area contributed by atoms with E-state index < -0.39 is 37.4 Å². The normalized spacial score (nSPS) is 16.5. The van der Waals surface area contributed by atoms with Gasteiger partial charge in [-0.3, -0.25) is 9.36 Å². The first-order valence-corrected chi connectivity index (χ1v) is 8.77. The van der Waals surface area contributed by atoms with E-state index in [1.165, 1.54) is 36.5 Å². The van der Waals surface area contributed by atoms with Gasteiger partial charge in [0.05, 0.1) is 23.7 Å². The number of nitrogens with zero attached hydrogens (tertiary/aromatic N) is 3. The van der Waals surface area contributed by atoms with Crippen molar-refractivity contribution in [3.8, 4) is 11.4 Å². The van der Waals surface area contributed by atoms with E-state index in [-0.39, 0.29) is 28.9 Å². The fourth-order valence-electron chi connectivity index (χ4n) is 2.82. The van der Waals surface area contributed by atoms with Crippen LogP contribution in [0.4, 0.5) is 26.3 Å². The Morgan fingerprint density at radius 2 is 1.80 bits per heavy atom. The second-order valence-corrected chi connectivity index (χ2v) is 6.53. The molecule has 0 fully saturated rings. The van der Waals surface area contributed by atoms with Gasteiger partial charge in [-0.1, -0.05) is 0 Å². The number of halogens is 6. The van der Waals surface area contributed by atoms with Crippen molar-refractivity contribution in [2.24, 2.45) is 5.10 Å². The monoisotopic (exact) mass is 434 g/mol. The van der Waals surface area contributed by atoms with Crippen LogP contribution in [-0.4, -0.2) is 41.3 Å². The molecule has 0 saturated heterocycles. The molecule has 1 aromatic heterocycles. The average molecular weight is 434 g/mol. The Balaban J connectivity index is 1.93. The predicted octanol–water partition coefficient (Wildman–Crippen LogP) is 3.34. The number of hydrogen-bond donors (Lipinski definition) is 1. The first-order valence-electron chi connectivity index (χ1n) is 8.77. The largest absolute Gasteiger partial charge is 0.484 e. The standard InChI is InChI=1S/C18H16F6N4O2/c19-17(20,21)6-5-15-27-14(11-8-25-26-9-11)7-16(29)28(15)12-1-3-13(4-2-12)30-10-18(22,23)24/h1-4,7-8,11,26H,5-6,9-10H2. The second-order valence-electron chi connectivity index (χ2n) is 6.53. The van der Waals surface area contributed by atoms with Gasteiger partial charge in [-0.2, -0.15) is 31.4 Å². The molecule has 1 atom stereocenters. The van der Waals surface area contributed by atoms with E-state index >= 15 is 0 Å². The molecule has 30 heavy (non-hydrogen) atoms. The van der Waals surface area contributed by atoms with E-state index in [0.717, 1.165) is 4.57 Å². The van der Waals surface area contributed by atoms with Crippen molar-refractivity contribution in [1.29, 1.82) is 0 Å². The highest BCUT2D eigenvalue weighted by Gasteiger charge is 2.29. The fraction of sp³-hybridized carbons (Fsp3) is 0.389. The zero-order chi connectivity index (χ0) is 21.9. The summed E-state index contributed by atoms with van der Waals surface area (Å²) in [4.78, 5) is 16.9. The molecular formula is C18H16F6N4O2. The second kappa shape index (κ2) is 8.36. The van der Waals surface area contributed by atoms with Gasteiger partial charge in [0.15, 0.2) is 6.61 Å². The molecule has 0 aliphatic carbocycles. The molecule has 1 unspecified atom stereocenters. The number of ether oxygens (including phenoxy) is 1. The third-order valence-corrected chi connectivity index (χ3v) is 4.17. The van der Waals surface area contributed by atoms with Crippen LogP contribution in [0.25, 0.3) is 5.69 Å². The molecule has 1 aliphatic rings. The Labute approximate surface area is 166 Å². The summed E-state index contributed by atoms with van der Waals surface area (Å²) in [6, 6.07) is 6.16. The summed E-state index contributed by atoms with van der Waals surface area (Å²) < 4.78 is 80.6. The number of hydrazone groups is 1. The summed E-state index contributed by atoms with van der Waals surface area (Å²) in [7, 11) is 0. The number of aryl methyl sites for hydroxylation is 1. The summed E-state index contributed by atoms with van der Waals surface area (Å²) in [5, 5.41) is 3.81. The van der Waals surface area contributed by atoms with Gasteiger partial charge in [0.1, 0.15) is 11.6 Å². The molecule has 0 saturated carbocycles. The smallest absolute Gasteiger partial charge is 0.422 e. The molecule has 0 amide bonds. The van der Waals surface area contributed by atoms with E-state index in [2.05, 4.69) is 20.2 Å². The van der Waals surface area contributed by atoms with Crippen molar-refractivity contribution in [1.82, 2.24) is 15.0 Å². The van der Waals surface area contributed by atoms with Crippen molar-refractivity contribution in [3.05, 3.63) is 52.2 Å². The van der Waals surface area contributed by atoms with Gasteiger partial charge in [0.25, 0.3) is 5.56 Å². The highest BCUT2D eigenvalue weighted by molar-refractivity contribution is 5.68. The maximum absolute atomic E-state index is 12.8. The van der Waals surface area contributed by atoms with Gasteiger partial charge in [-0.05, 0) is 24.3 Å².